The molecule has 0 radical (unpaired) electrons. The summed E-state index contributed by atoms with van der Waals surface area (Å²) < 4.78 is 9.03. The summed E-state index contributed by atoms with van der Waals surface area (Å²) in [5.41, 5.74) is 3.95. The fraction of sp³-hybridized carbons (Fsp3) is 0.286. The van der Waals surface area contributed by atoms with Crippen molar-refractivity contribution in [1.82, 2.24) is 14.9 Å². The van der Waals surface area contributed by atoms with Crippen LogP contribution in [0.1, 0.15) is 54.4 Å². The molecule has 1 N–H and O–H groups in total. The first-order valence-corrected chi connectivity index (χ1v) is 12.5. The number of rotatable bonds is 10. The topological polar surface area (TPSA) is 56.1 Å². The van der Waals surface area contributed by atoms with Gasteiger partial charge in [0.05, 0.1) is 24.2 Å². The number of aryl methyl sites for hydroxylation is 1. The maximum atomic E-state index is 12.6. The minimum absolute atomic E-state index is 0.121. The number of hydrogen-bond donors (Lipinski definition) is 1. The first-order chi connectivity index (χ1) is 16.5. The summed E-state index contributed by atoms with van der Waals surface area (Å²) in [5, 5.41) is 3.00. The van der Waals surface area contributed by atoms with Crippen LogP contribution in [0.25, 0.3) is 11.0 Å². The molecule has 0 saturated carbocycles. The number of aromatic nitrogens is 2. The van der Waals surface area contributed by atoms with Gasteiger partial charge in [-0.15, -0.1) is 0 Å². The van der Waals surface area contributed by atoms with Crippen LogP contribution in [0.5, 0.6) is 5.75 Å². The van der Waals surface area contributed by atoms with E-state index in [9.17, 15) is 4.79 Å². The van der Waals surface area contributed by atoms with E-state index in [0.29, 0.717) is 24.6 Å². The highest BCUT2D eigenvalue weighted by molar-refractivity contribution is 9.10. The summed E-state index contributed by atoms with van der Waals surface area (Å²) in [6.07, 6.45) is 1.96. The number of hydrogen-bond acceptors (Lipinski definition) is 3. The van der Waals surface area contributed by atoms with Gasteiger partial charge in [-0.05, 0) is 66.8 Å². The molecule has 3 aromatic carbocycles. The smallest absolute Gasteiger partial charge is 0.251 e. The molecule has 4 rings (SSSR count). The predicted octanol–water partition coefficient (Wildman–Crippen LogP) is 6.71. The molecule has 0 aliphatic heterocycles. The molecule has 1 unspecified atom stereocenters. The second-order valence-corrected chi connectivity index (χ2v) is 9.36. The summed E-state index contributed by atoms with van der Waals surface area (Å²) in [5.74, 6) is 2.17. The van der Waals surface area contributed by atoms with Crippen LogP contribution < -0.4 is 10.1 Å². The van der Waals surface area contributed by atoms with E-state index in [1.165, 1.54) is 5.56 Å². The van der Waals surface area contributed by atoms with Gasteiger partial charge in [0.2, 0.25) is 0 Å². The number of benzene rings is 3. The number of para-hydroxylation sites is 2. The molecular formula is C28H30BrN3O2. The van der Waals surface area contributed by atoms with Crippen molar-refractivity contribution in [2.75, 3.05) is 6.61 Å². The minimum atomic E-state index is -0.121. The van der Waals surface area contributed by atoms with Crippen molar-refractivity contribution in [1.29, 1.82) is 0 Å². The van der Waals surface area contributed by atoms with Gasteiger partial charge in [0.15, 0.2) is 0 Å². The average molecular weight is 520 g/mol. The maximum Gasteiger partial charge on any atom is 0.251 e. The van der Waals surface area contributed by atoms with Crippen molar-refractivity contribution in [3.05, 3.63) is 94.2 Å². The Morgan fingerprint density at radius 3 is 2.65 bits per heavy atom. The monoisotopic (exact) mass is 519 g/mol. The molecule has 0 saturated heterocycles. The molecule has 5 nitrogen and oxygen atoms in total. The molecule has 6 heteroatoms. The van der Waals surface area contributed by atoms with E-state index in [-0.39, 0.29) is 5.91 Å². The largest absolute Gasteiger partial charge is 0.494 e. The van der Waals surface area contributed by atoms with Gasteiger partial charge in [-0.1, -0.05) is 60.1 Å². The van der Waals surface area contributed by atoms with Crippen LogP contribution in [0.2, 0.25) is 0 Å². The molecule has 1 atom stereocenters. The lowest BCUT2D eigenvalue weighted by molar-refractivity contribution is 0.0949. The Balaban J connectivity index is 1.38. The van der Waals surface area contributed by atoms with E-state index >= 15 is 0 Å². The number of nitrogens with zero attached hydrogens (tertiary/aromatic N) is 2. The van der Waals surface area contributed by atoms with Gasteiger partial charge >= 0.3 is 0 Å². The Morgan fingerprint density at radius 2 is 1.88 bits per heavy atom. The van der Waals surface area contributed by atoms with Gasteiger partial charge < -0.3 is 14.6 Å². The molecule has 0 aliphatic carbocycles. The standard InChI is InChI=1S/C28H30BrN3O2/c1-3-20(2)21-12-14-24(15-13-21)34-17-7-16-32-26-11-5-4-10-25(26)31-27(32)19-30-28(33)22-8-6-9-23(29)18-22/h4-6,8-15,18,20H,3,7,16-17,19H2,1-2H3,(H,30,33). The van der Waals surface area contributed by atoms with E-state index in [1.807, 2.05) is 36.4 Å². The molecule has 1 heterocycles. The fourth-order valence-electron chi connectivity index (χ4n) is 3.94. The van der Waals surface area contributed by atoms with Crippen LogP contribution in [-0.2, 0) is 13.1 Å². The van der Waals surface area contributed by atoms with Crippen molar-refractivity contribution in [3.63, 3.8) is 0 Å². The number of carbonyl (C=O) groups is 1. The highest BCUT2D eigenvalue weighted by Crippen LogP contribution is 2.22. The van der Waals surface area contributed by atoms with Gasteiger partial charge in [0.1, 0.15) is 11.6 Å². The lowest BCUT2D eigenvalue weighted by Gasteiger charge is -2.12. The van der Waals surface area contributed by atoms with Gasteiger partial charge in [0.25, 0.3) is 5.91 Å². The molecule has 0 bridgehead atoms. The van der Waals surface area contributed by atoms with Gasteiger partial charge in [-0.25, -0.2) is 4.98 Å². The molecule has 0 fully saturated rings. The number of fused-ring (bicyclic) bond motifs is 1. The Morgan fingerprint density at radius 1 is 1.09 bits per heavy atom. The van der Waals surface area contributed by atoms with Crippen LogP contribution in [0.3, 0.4) is 0 Å². The third kappa shape index (κ3) is 5.86. The van der Waals surface area contributed by atoms with Crippen LogP contribution in [0, 0.1) is 0 Å². The minimum Gasteiger partial charge on any atom is -0.494 e. The van der Waals surface area contributed by atoms with Crippen molar-refractivity contribution in [2.24, 2.45) is 0 Å². The third-order valence-corrected chi connectivity index (χ3v) is 6.58. The summed E-state index contributed by atoms with van der Waals surface area (Å²) in [4.78, 5) is 17.4. The Bertz CT molecular complexity index is 1250. The fourth-order valence-corrected chi connectivity index (χ4v) is 4.34. The van der Waals surface area contributed by atoms with E-state index in [1.54, 1.807) is 6.07 Å². The van der Waals surface area contributed by atoms with E-state index in [4.69, 9.17) is 9.72 Å². The van der Waals surface area contributed by atoms with E-state index in [0.717, 1.165) is 46.5 Å². The molecule has 1 aromatic heterocycles. The summed E-state index contributed by atoms with van der Waals surface area (Å²) in [7, 11) is 0. The van der Waals surface area contributed by atoms with Gasteiger partial charge in [-0.3, -0.25) is 4.79 Å². The molecule has 4 aromatic rings. The molecule has 34 heavy (non-hydrogen) atoms. The molecule has 176 valence electrons. The number of ether oxygens (including phenoxy) is 1. The zero-order valence-corrected chi connectivity index (χ0v) is 21.2. The van der Waals surface area contributed by atoms with Gasteiger partial charge in [0, 0.05) is 16.6 Å². The van der Waals surface area contributed by atoms with Crippen LogP contribution in [-0.4, -0.2) is 22.1 Å². The second-order valence-electron chi connectivity index (χ2n) is 8.44. The number of imidazole rings is 1. The lowest BCUT2D eigenvalue weighted by Crippen LogP contribution is -2.25. The predicted molar refractivity (Wildman–Crippen MR) is 140 cm³/mol. The first-order valence-electron chi connectivity index (χ1n) is 11.8. The number of nitrogens with one attached hydrogen (secondary N) is 1. The molecular weight excluding hydrogens is 490 g/mol. The van der Waals surface area contributed by atoms with E-state index in [2.05, 4.69) is 70.0 Å². The quantitative estimate of drug-likeness (QED) is 0.237. The normalized spacial score (nSPS) is 12.0. The van der Waals surface area contributed by atoms with Crippen molar-refractivity contribution in [2.45, 2.75) is 45.7 Å². The zero-order chi connectivity index (χ0) is 23.9. The molecule has 0 spiro atoms. The first kappa shape index (κ1) is 24.0. The average Bonchev–Trinajstić information content (AvgIpc) is 3.22. The van der Waals surface area contributed by atoms with Crippen molar-refractivity contribution >= 4 is 32.9 Å². The van der Waals surface area contributed by atoms with Crippen LogP contribution in [0.15, 0.2) is 77.3 Å². The number of halogens is 1. The van der Waals surface area contributed by atoms with Gasteiger partial charge in [-0.2, -0.15) is 0 Å². The Kier molecular flexibility index (Phi) is 8.01. The highest BCUT2D eigenvalue weighted by Gasteiger charge is 2.13. The van der Waals surface area contributed by atoms with Crippen molar-refractivity contribution in [3.8, 4) is 5.75 Å². The van der Waals surface area contributed by atoms with Crippen LogP contribution >= 0.6 is 15.9 Å². The maximum absolute atomic E-state index is 12.6. The Labute approximate surface area is 209 Å². The van der Waals surface area contributed by atoms with Crippen molar-refractivity contribution < 1.29 is 9.53 Å². The number of carbonyl (C=O) groups excluding carboxylic acids is 1. The SMILES string of the molecule is CCC(C)c1ccc(OCCCn2c(CNC(=O)c3cccc(Br)c3)nc3ccccc32)cc1. The lowest BCUT2D eigenvalue weighted by atomic mass is 9.99. The number of amides is 1. The summed E-state index contributed by atoms with van der Waals surface area (Å²) in [6, 6.07) is 23.8. The van der Waals surface area contributed by atoms with E-state index < -0.39 is 0 Å². The summed E-state index contributed by atoms with van der Waals surface area (Å²) >= 11 is 3.42. The Hall–Kier alpha value is -3.12. The summed E-state index contributed by atoms with van der Waals surface area (Å²) in [6.45, 7) is 6.17. The molecule has 1 amide bonds. The zero-order valence-electron chi connectivity index (χ0n) is 19.6. The third-order valence-electron chi connectivity index (χ3n) is 6.08. The molecule has 0 aliphatic rings. The highest BCUT2D eigenvalue weighted by atomic mass is 79.9. The second kappa shape index (κ2) is 11.3. The van der Waals surface area contributed by atoms with Crippen LogP contribution in [0.4, 0.5) is 0 Å².